The van der Waals surface area contributed by atoms with Crippen LogP contribution in [0.25, 0.3) is 0 Å². The molecule has 0 radical (unpaired) electrons. The lowest BCUT2D eigenvalue weighted by Crippen LogP contribution is -2.24. The van der Waals surface area contributed by atoms with Crippen LogP contribution in [0.4, 0.5) is 0 Å². The molecule has 1 amide bonds. The average molecular weight is 311 g/mol. The summed E-state index contributed by atoms with van der Waals surface area (Å²) in [6.07, 6.45) is 2.04. The Kier molecular flexibility index (Phi) is 6.21. The molecular weight excluding hydrogens is 286 g/mol. The van der Waals surface area contributed by atoms with Gasteiger partial charge in [0, 0.05) is 12.1 Å². The first kappa shape index (κ1) is 17.1. The molecule has 0 aliphatic rings. The van der Waals surface area contributed by atoms with Crippen LogP contribution in [0, 0.1) is 6.92 Å². The molecule has 2 aromatic rings. The van der Waals surface area contributed by atoms with E-state index in [1.54, 1.807) is 12.1 Å². The third kappa shape index (κ3) is 5.78. The van der Waals surface area contributed by atoms with Crippen molar-refractivity contribution in [1.29, 1.82) is 0 Å². The molecule has 0 unspecified atom stereocenters. The van der Waals surface area contributed by atoms with Crippen LogP contribution in [0.1, 0.15) is 41.8 Å². The summed E-state index contributed by atoms with van der Waals surface area (Å²) >= 11 is 0. The molecule has 0 heterocycles. The van der Waals surface area contributed by atoms with Crippen molar-refractivity contribution in [3.8, 4) is 5.75 Å². The van der Waals surface area contributed by atoms with Crippen LogP contribution in [0.5, 0.6) is 5.75 Å². The second-order valence-electron chi connectivity index (χ2n) is 6.04. The summed E-state index contributed by atoms with van der Waals surface area (Å²) in [7, 11) is 0. The quantitative estimate of drug-likeness (QED) is 0.780. The minimum Gasteiger partial charge on any atom is -0.491 e. The van der Waals surface area contributed by atoms with Gasteiger partial charge in [0.15, 0.2) is 0 Å². The van der Waals surface area contributed by atoms with E-state index in [9.17, 15) is 4.79 Å². The predicted octanol–water partition coefficient (Wildman–Crippen LogP) is 4.14. The number of carbonyl (C=O) groups is 1. The second kappa shape index (κ2) is 8.37. The highest BCUT2D eigenvalue weighted by molar-refractivity contribution is 5.94. The summed E-state index contributed by atoms with van der Waals surface area (Å²) in [5.41, 5.74) is 3.24. The summed E-state index contributed by atoms with van der Waals surface area (Å²) in [5.74, 6) is 0.751. The zero-order chi connectivity index (χ0) is 16.7. The van der Waals surface area contributed by atoms with Crippen molar-refractivity contribution >= 4 is 5.91 Å². The van der Waals surface area contributed by atoms with Gasteiger partial charge in [-0.1, -0.05) is 29.8 Å². The molecule has 0 atom stereocenters. The number of ether oxygens (including phenoxy) is 1. The van der Waals surface area contributed by atoms with Gasteiger partial charge in [-0.25, -0.2) is 0 Å². The number of carbonyl (C=O) groups excluding carboxylic acids is 1. The van der Waals surface area contributed by atoms with Crippen LogP contribution in [-0.2, 0) is 6.42 Å². The fourth-order valence-electron chi connectivity index (χ4n) is 2.31. The predicted molar refractivity (Wildman–Crippen MR) is 94.0 cm³/mol. The van der Waals surface area contributed by atoms with Crippen LogP contribution >= 0.6 is 0 Å². The van der Waals surface area contributed by atoms with Gasteiger partial charge in [-0.3, -0.25) is 4.79 Å². The van der Waals surface area contributed by atoms with Crippen molar-refractivity contribution in [1.82, 2.24) is 5.32 Å². The van der Waals surface area contributed by atoms with E-state index in [0.29, 0.717) is 12.1 Å². The van der Waals surface area contributed by atoms with Gasteiger partial charge in [0.1, 0.15) is 5.75 Å². The van der Waals surface area contributed by atoms with E-state index < -0.39 is 0 Å². The van der Waals surface area contributed by atoms with Crippen molar-refractivity contribution in [3.63, 3.8) is 0 Å². The van der Waals surface area contributed by atoms with Gasteiger partial charge in [-0.2, -0.15) is 0 Å². The van der Waals surface area contributed by atoms with Gasteiger partial charge in [-0.15, -0.1) is 0 Å². The molecule has 3 heteroatoms. The SMILES string of the molecule is Cc1ccc(CCCNC(=O)c2ccc(OC(C)C)cc2)cc1. The lowest BCUT2D eigenvalue weighted by molar-refractivity contribution is 0.0953. The van der Waals surface area contributed by atoms with Crippen LogP contribution < -0.4 is 10.1 Å². The van der Waals surface area contributed by atoms with Crippen molar-refractivity contribution in [2.75, 3.05) is 6.54 Å². The van der Waals surface area contributed by atoms with Crippen molar-refractivity contribution in [3.05, 3.63) is 65.2 Å². The first-order valence-electron chi connectivity index (χ1n) is 8.15. The summed E-state index contributed by atoms with van der Waals surface area (Å²) in [6.45, 7) is 6.72. The average Bonchev–Trinajstić information content (AvgIpc) is 2.53. The highest BCUT2D eigenvalue weighted by atomic mass is 16.5. The van der Waals surface area contributed by atoms with Gasteiger partial charge in [0.2, 0.25) is 0 Å². The molecule has 1 N–H and O–H groups in total. The van der Waals surface area contributed by atoms with E-state index in [1.807, 2.05) is 26.0 Å². The Morgan fingerprint density at radius 3 is 2.30 bits per heavy atom. The maximum atomic E-state index is 12.1. The zero-order valence-electron chi connectivity index (χ0n) is 14.1. The molecule has 2 rings (SSSR count). The van der Waals surface area contributed by atoms with E-state index >= 15 is 0 Å². The van der Waals surface area contributed by atoms with Gasteiger partial charge in [-0.05, 0) is 63.4 Å². The van der Waals surface area contributed by atoms with Gasteiger partial charge < -0.3 is 10.1 Å². The molecule has 0 fully saturated rings. The minimum absolute atomic E-state index is 0.0370. The maximum absolute atomic E-state index is 12.1. The Morgan fingerprint density at radius 1 is 1.04 bits per heavy atom. The minimum atomic E-state index is -0.0370. The standard InChI is InChI=1S/C20H25NO2/c1-15(2)23-19-12-10-18(11-13-19)20(22)21-14-4-5-17-8-6-16(3)7-9-17/h6-13,15H,4-5,14H2,1-3H3,(H,21,22). The van der Waals surface area contributed by atoms with Gasteiger partial charge in [0.25, 0.3) is 5.91 Å². The fourth-order valence-corrected chi connectivity index (χ4v) is 2.31. The Morgan fingerprint density at radius 2 is 1.70 bits per heavy atom. The normalized spacial score (nSPS) is 10.6. The van der Waals surface area contributed by atoms with Crippen molar-refractivity contribution < 1.29 is 9.53 Å². The van der Waals surface area contributed by atoms with E-state index in [2.05, 4.69) is 36.5 Å². The van der Waals surface area contributed by atoms with E-state index in [1.165, 1.54) is 11.1 Å². The number of rotatable bonds is 7. The van der Waals surface area contributed by atoms with Crippen molar-refractivity contribution in [2.45, 2.75) is 39.7 Å². The van der Waals surface area contributed by atoms with Crippen LogP contribution in [0.3, 0.4) is 0 Å². The second-order valence-corrected chi connectivity index (χ2v) is 6.04. The smallest absolute Gasteiger partial charge is 0.251 e. The maximum Gasteiger partial charge on any atom is 0.251 e. The molecule has 0 saturated heterocycles. The third-order valence-corrected chi connectivity index (χ3v) is 3.54. The Labute approximate surface area is 138 Å². The lowest BCUT2D eigenvalue weighted by Gasteiger charge is -2.10. The summed E-state index contributed by atoms with van der Waals surface area (Å²) in [4.78, 5) is 12.1. The molecule has 0 saturated carbocycles. The number of benzene rings is 2. The molecular formula is C20H25NO2. The first-order valence-corrected chi connectivity index (χ1v) is 8.15. The van der Waals surface area contributed by atoms with Gasteiger partial charge >= 0.3 is 0 Å². The number of aryl methyl sites for hydroxylation is 2. The Bertz CT molecular complexity index is 615. The molecule has 2 aromatic carbocycles. The highest BCUT2D eigenvalue weighted by Crippen LogP contribution is 2.13. The number of amides is 1. The fraction of sp³-hybridized carbons (Fsp3) is 0.350. The summed E-state index contributed by atoms with van der Waals surface area (Å²) in [6, 6.07) is 15.8. The highest BCUT2D eigenvalue weighted by Gasteiger charge is 2.05. The van der Waals surface area contributed by atoms with E-state index in [4.69, 9.17) is 4.74 Å². The van der Waals surface area contributed by atoms with Crippen LogP contribution in [0.2, 0.25) is 0 Å². The van der Waals surface area contributed by atoms with E-state index in [0.717, 1.165) is 18.6 Å². The molecule has 23 heavy (non-hydrogen) atoms. The molecule has 0 spiro atoms. The van der Waals surface area contributed by atoms with Gasteiger partial charge in [0.05, 0.1) is 6.10 Å². The summed E-state index contributed by atoms with van der Waals surface area (Å²) < 4.78 is 5.57. The molecule has 0 bridgehead atoms. The first-order chi connectivity index (χ1) is 11.0. The van der Waals surface area contributed by atoms with Crippen LogP contribution in [-0.4, -0.2) is 18.6 Å². The topological polar surface area (TPSA) is 38.3 Å². The Hall–Kier alpha value is -2.29. The molecule has 3 nitrogen and oxygen atoms in total. The molecule has 122 valence electrons. The third-order valence-electron chi connectivity index (χ3n) is 3.54. The number of hydrogen-bond donors (Lipinski definition) is 1. The zero-order valence-corrected chi connectivity index (χ0v) is 14.1. The largest absolute Gasteiger partial charge is 0.491 e. The van der Waals surface area contributed by atoms with E-state index in [-0.39, 0.29) is 12.0 Å². The summed E-state index contributed by atoms with van der Waals surface area (Å²) in [5, 5.41) is 2.96. The number of nitrogens with one attached hydrogen (secondary N) is 1. The molecule has 0 aliphatic carbocycles. The molecule has 0 aliphatic heterocycles. The lowest BCUT2D eigenvalue weighted by atomic mass is 10.1. The number of hydrogen-bond acceptors (Lipinski definition) is 2. The molecule has 0 aromatic heterocycles. The Balaban J connectivity index is 1.75. The van der Waals surface area contributed by atoms with Crippen LogP contribution in [0.15, 0.2) is 48.5 Å². The monoisotopic (exact) mass is 311 g/mol. The van der Waals surface area contributed by atoms with Crippen molar-refractivity contribution in [2.24, 2.45) is 0 Å².